The maximum atomic E-state index is 12.7. The van der Waals surface area contributed by atoms with Crippen molar-refractivity contribution < 1.29 is 13.2 Å². The minimum Gasteiger partial charge on any atom is -0.338 e. The summed E-state index contributed by atoms with van der Waals surface area (Å²) < 4.78 is 38.2. The molecule has 124 valence electrons. The molecule has 24 heavy (non-hydrogen) atoms. The molecule has 0 saturated carbocycles. The fraction of sp³-hybridized carbons (Fsp3) is 0.250. The van der Waals surface area contributed by atoms with Gasteiger partial charge in [0, 0.05) is 4.88 Å². The Morgan fingerprint density at radius 3 is 2.75 bits per heavy atom. The van der Waals surface area contributed by atoms with Gasteiger partial charge in [-0.05, 0) is 43.0 Å². The summed E-state index contributed by atoms with van der Waals surface area (Å²) in [6.07, 6.45) is 0.147. The normalized spacial score (nSPS) is 14.2. The highest BCUT2D eigenvalue weighted by Crippen LogP contribution is 2.41. The standard InChI is InChI=1S/C16H11ClF3N3S/c17-10-6-8(16(18,19)20)4-5-11(10)23-14-13-9-2-1-3-12(9)24-15(13)22-7-21-14/h4-7H,1-3H2,(H,21,22,23). The zero-order chi connectivity index (χ0) is 16.9. The van der Waals surface area contributed by atoms with Gasteiger partial charge in [-0.1, -0.05) is 11.6 Å². The molecule has 0 unspecified atom stereocenters. The number of fused-ring (bicyclic) bond motifs is 3. The van der Waals surface area contributed by atoms with Gasteiger partial charge < -0.3 is 5.32 Å². The fourth-order valence-corrected chi connectivity index (χ4v) is 4.40. The van der Waals surface area contributed by atoms with Gasteiger partial charge in [0.15, 0.2) is 0 Å². The summed E-state index contributed by atoms with van der Waals surface area (Å²) in [5.74, 6) is 0.584. The van der Waals surface area contributed by atoms with Crippen LogP contribution in [-0.2, 0) is 19.0 Å². The lowest BCUT2D eigenvalue weighted by atomic mass is 10.1. The average molecular weight is 370 g/mol. The third kappa shape index (κ3) is 2.61. The Morgan fingerprint density at radius 2 is 2.00 bits per heavy atom. The number of benzene rings is 1. The van der Waals surface area contributed by atoms with Gasteiger partial charge in [-0.15, -0.1) is 11.3 Å². The lowest BCUT2D eigenvalue weighted by Crippen LogP contribution is -2.05. The molecule has 1 N–H and O–H groups in total. The van der Waals surface area contributed by atoms with E-state index in [4.69, 9.17) is 11.6 Å². The monoisotopic (exact) mass is 369 g/mol. The average Bonchev–Trinajstić information content (AvgIpc) is 3.09. The Morgan fingerprint density at radius 1 is 1.17 bits per heavy atom. The maximum absolute atomic E-state index is 12.7. The lowest BCUT2D eigenvalue weighted by Gasteiger charge is -2.12. The Kier molecular flexibility index (Phi) is 3.65. The number of alkyl halides is 3. The first kappa shape index (κ1) is 15.7. The van der Waals surface area contributed by atoms with Crippen LogP contribution in [0.15, 0.2) is 24.5 Å². The predicted molar refractivity (Wildman–Crippen MR) is 89.2 cm³/mol. The van der Waals surface area contributed by atoms with Crippen molar-refractivity contribution in [2.75, 3.05) is 5.32 Å². The topological polar surface area (TPSA) is 37.8 Å². The van der Waals surface area contributed by atoms with Crippen molar-refractivity contribution in [1.29, 1.82) is 0 Å². The molecule has 0 amide bonds. The van der Waals surface area contributed by atoms with Crippen LogP contribution >= 0.6 is 22.9 Å². The van der Waals surface area contributed by atoms with Crippen LogP contribution in [0.4, 0.5) is 24.7 Å². The highest BCUT2D eigenvalue weighted by atomic mass is 35.5. The van der Waals surface area contributed by atoms with E-state index in [1.165, 1.54) is 22.8 Å². The molecule has 0 bridgehead atoms. The van der Waals surface area contributed by atoms with Crippen LogP contribution in [0.3, 0.4) is 0 Å². The van der Waals surface area contributed by atoms with Crippen molar-refractivity contribution in [1.82, 2.24) is 9.97 Å². The molecule has 3 aromatic rings. The van der Waals surface area contributed by atoms with Gasteiger partial charge in [-0.3, -0.25) is 0 Å². The fourth-order valence-electron chi connectivity index (χ4n) is 2.94. The quantitative estimate of drug-likeness (QED) is 0.639. The minimum absolute atomic E-state index is 0.00321. The summed E-state index contributed by atoms with van der Waals surface area (Å²) in [6.45, 7) is 0. The molecule has 1 aliphatic carbocycles. The third-order valence-corrected chi connectivity index (χ3v) is 5.56. The number of thiophene rings is 1. The molecular weight excluding hydrogens is 359 g/mol. The number of halogens is 4. The van der Waals surface area contributed by atoms with Crippen molar-refractivity contribution in [3.8, 4) is 0 Å². The Balaban J connectivity index is 1.75. The number of aromatic nitrogens is 2. The first-order chi connectivity index (χ1) is 11.4. The van der Waals surface area contributed by atoms with E-state index in [1.54, 1.807) is 11.3 Å². The zero-order valence-corrected chi connectivity index (χ0v) is 13.8. The molecule has 8 heteroatoms. The number of rotatable bonds is 2. The highest BCUT2D eigenvalue weighted by molar-refractivity contribution is 7.19. The number of anilines is 2. The highest BCUT2D eigenvalue weighted by Gasteiger charge is 2.31. The summed E-state index contributed by atoms with van der Waals surface area (Å²) in [4.78, 5) is 10.8. The van der Waals surface area contributed by atoms with E-state index < -0.39 is 11.7 Å². The summed E-state index contributed by atoms with van der Waals surface area (Å²) in [5.41, 5.74) is 0.853. The van der Waals surface area contributed by atoms with Crippen molar-refractivity contribution in [2.45, 2.75) is 25.4 Å². The second-order valence-electron chi connectivity index (χ2n) is 5.58. The van der Waals surface area contributed by atoms with Gasteiger partial charge >= 0.3 is 6.18 Å². The third-order valence-electron chi connectivity index (χ3n) is 4.05. The Bertz CT molecular complexity index is 936. The van der Waals surface area contributed by atoms with E-state index in [-0.39, 0.29) is 5.02 Å². The van der Waals surface area contributed by atoms with E-state index in [2.05, 4.69) is 15.3 Å². The van der Waals surface area contributed by atoms with Crippen molar-refractivity contribution in [2.24, 2.45) is 0 Å². The first-order valence-electron chi connectivity index (χ1n) is 7.32. The second kappa shape index (κ2) is 5.60. The van der Waals surface area contributed by atoms with Crippen LogP contribution in [0.1, 0.15) is 22.4 Å². The molecule has 0 atom stereocenters. The van der Waals surface area contributed by atoms with Crippen LogP contribution in [0.5, 0.6) is 0 Å². The molecule has 4 rings (SSSR count). The van der Waals surface area contributed by atoms with E-state index in [9.17, 15) is 13.2 Å². The maximum Gasteiger partial charge on any atom is 0.416 e. The van der Waals surface area contributed by atoms with Gasteiger partial charge in [0.25, 0.3) is 0 Å². The van der Waals surface area contributed by atoms with Crippen LogP contribution in [0.25, 0.3) is 10.2 Å². The van der Waals surface area contributed by atoms with E-state index in [1.807, 2.05) is 0 Å². The summed E-state index contributed by atoms with van der Waals surface area (Å²) >= 11 is 7.67. The van der Waals surface area contributed by atoms with E-state index in [0.29, 0.717) is 11.5 Å². The summed E-state index contributed by atoms with van der Waals surface area (Å²) in [5, 5.41) is 4.02. The Hall–Kier alpha value is -1.86. The first-order valence-corrected chi connectivity index (χ1v) is 8.52. The molecule has 3 nitrogen and oxygen atoms in total. The van der Waals surface area contributed by atoms with Gasteiger partial charge in [-0.2, -0.15) is 13.2 Å². The molecule has 0 saturated heterocycles. The molecular formula is C16H11ClF3N3S. The smallest absolute Gasteiger partial charge is 0.338 e. The van der Waals surface area contributed by atoms with Crippen LogP contribution in [0, 0.1) is 0 Å². The van der Waals surface area contributed by atoms with Crippen molar-refractivity contribution >= 4 is 44.7 Å². The predicted octanol–water partition coefficient (Wildman–Crippen LogP) is 5.60. The van der Waals surface area contributed by atoms with Crippen molar-refractivity contribution in [3.05, 3.63) is 45.6 Å². The molecule has 0 fully saturated rings. The molecule has 1 aliphatic rings. The molecule has 0 aliphatic heterocycles. The number of nitrogens with one attached hydrogen (secondary N) is 1. The van der Waals surface area contributed by atoms with E-state index >= 15 is 0 Å². The van der Waals surface area contributed by atoms with Crippen LogP contribution in [-0.4, -0.2) is 9.97 Å². The number of hydrogen-bond acceptors (Lipinski definition) is 4. The largest absolute Gasteiger partial charge is 0.416 e. The molecule has 1 aromatic carbocycles. The zero-order valence-electron chi connectivity index (χ0n) is 12.2. The van der Waals surface area contributed by atoms with Crippen molar-refractivity contribution in [3.63, 3.8) is 0 Å². The van der Waals surface area contributed by atoms with Gasteiger partial charge in [0.05, 0.1) is 21.7 Å². The van der Waals surface area contributed by atoms with Gasteiger partial charge in [0.1, 0.15) is 17.0 Å². The van der Waals surface area contributed by atoms with Crippen LogP contribution in [0.2, 0.25) is 5.02 Å². The molecule has 2 aromatic heterocycles. The molecule has 0 spiro atoms. The van der Waals surface area contributed by atoms with Crippen LogP contribution < -0.4 is 5.32 Å². The second-order valence-corrected chi connectivity index (χ2v) is 7.07. The summed E-state index contributed by atoms with van der Waals surface area (Å²) in [7, 11) is 0. The SMILES string of the molecule is FC(F)(F)c1ccc(Nc2ncnc3sc4c(c23)CCC4)c(Cl)c1. The summed E-state index contributed by atoms with van der Waals surface area (Å²) in [6, 6.07) is 3.25. The minimum atomic E-state index is -4.42. The number of nitrogens with zero attached hydrogens (tertiary/aromatic N) is 2. The molecule has 0 radical (unpaired) electrons. The van der Waals surface area contributed by atoms with Gasteiger partial charge in [-0.25, -0.2) is 9.97 Å². The molecule has 2 heterocycles. The lowest BCUT2D eigenvalue weighted by molar-refractivity contribution is -0.137. The number of hydrogen-bond donors (Lipinski definition) is 1. The Labute approximate surface area is 144 Å². The van der Waals surface area contributed by atoms with Gasteiger partial charge in [0.2, 0.25) is 0 Å². The number of aryl methyl sites for hydroxylation is 2. The van der Waals surface area contributed by atoms with E-state index in [0.717, 1.165) is 41.6 Å².